The summed E-state index contributed by atoms with van der Waals surface area (Å²) < 4.78 is 0. The molecule has 1 aromatic carbocycles. The third-order valence-electron chi connectivity index (χ3n) is 5.97. The number of aryl methyl sites for hydroxylation is 2. The Balaban J connectivity index is 1.51. The molecule has 0 saturated carbocycles. The van der Waals surface area contributed by atoms with E-state index in [0.29, 0.717) is 18.7 Å². The van der Waals surface area contributed by atoms with Gasteiger partial charge in [0.1, 0.15) is 0 Å². The highest BCUT2D eigenvalue weighted by Crippen LogP contribution is 2.38. The van der Waals surface area contributed by atoms with Crippen molar-refractivity contribution in [3.63, 3.8) is 0 Å². The number of nitrogens with zero attached hydrogens (tertiary/aromatic N) is 4. The molecule has 30 heavy (non-hydrogen) atoms. The zero-order valence-electron chi connectivity index (χ0n) is 16.5. The molecule has 2 aliphatic rings. The molecule has 150 valence electrons. The van der Waals surface area contributed by atoms with E-state index in [-0.39, 0.29) is 5.91 Å². The van der Waals surface area contributed by atoms with Crippen molar-refractivity contribution in [3.05, 3.63) is 93.5 Å². The summed E-state index contributed by atoms with van der Waals surface area (Å²) in [5, 5.41) is 8.36. The minimum Gasteiger partial charge on any atom is -0.338 e. The number of piperidine rings is 1. The van der Waals surface area contributed by atoms with Crippen LogP contribution in [-0.2, 0) is 12.8 Å². The van der Waals surface area contributed by atoms with E-state index in [9.17, 15) is 4.79 Å². The van der Waals surface area contributed by atoms with E-state index in [0.717, 1.165) is 36.4 Å². The fourth-order valence-corrected chi connectivity index (χ4v) is 4.66. The van der Waals surface area contributed by atoms with Crippen molar-refractivity contribution in [3.8, 4) is 0 Å². The van der Waals surface area contributed by atoms with Gasteiger partial charge in [0.25, 0.3) is 5.91 Å². The van der Waals surface area contributed by atoms with E-state index in [4.69, 9.17) is 16.6 Å². The molecule has 6 heteroatoms. The van der Waals surface area contributed by atoms with E-state index < -0.39 is 0 Å². The SMILES string of the molecule is O=C(c1ccnnc1)N1CCC(=C2c3ccc(Cl)cc3CCc3cccnc32)CC1. The number of halogens is 1. The number of amides is 1. The lowest BCUT2D eigenvalue weighted by molar-refractivity contribution is 0.0743. The largest absolute Gasteiger partial charge is 0.338 e. The topological polar surface area (TPSA) is 59.0 Å². The van der Waals surface area contributed by atoms with Crippen molar-refractivity contribution in [2.24, 2.45) is 0 Å². The Kier molecular flexibility index (Phi) is 5.05. The first-order valence-corrected chi connectivity index (χ1v) is 10.6. The maximum Gasteiger partial charge on any atom is 0.255 e. The molecule has 1 saturated heterocycles. The first-order valence-electron chi connectivity index (χ1n) is 10.2. The number of likely N-dealkylation sites (tertiary alicyclic amines) is 1. The van der Waals surface area contributed by atoms with E-state index in [1.165, 1.54) is 34.0 Å². The van der Waals surface area contributed by atoms with E-state index in [1.807, 2.05) is 23.2 Å². The molecule has 0 unspecified atom stereocenters. The minimum atomic E-state index is 0.0144. The quantitative estimate of drug-likeness (QED) is 0.591. The molecule has 1 amide bonds. The average molecular weight is 417 g/mol. The third kappa shape index (κ3) is 3.50. The molecule has 0 bridgehead atoms. The number of fused-ring (bicyclic) bond motifs is 2. The van der Waals surface area contributed by atoms with Crippen LogP contribution in [0.3, 0.4) is 0 Å². The van der Waals surface area contributed by atoms with Gasteiger partial charge < -0.3 is 4.90 Å². The number of pyridine rings is 1. The molecule has 3 aromatic rings. The second kappa shape index (κ2) is 8.00. The lowest BCUT2D eigenvalue weighted by Crippen LogP contribution is -2.36. The maximum absolute atomic E-state index is 12.8. The van der Waals surface area contributed by atoms with Crippen molar-refractivity contribution in [2.75, 3.05) is 13.1 Å². The highest BCUT2D eigenvalue weighted by atomic mass is 35.5. The zero-order chi connectivity index (χ0) is 20.5. The third-order valence-corrected chi connectivity index (χ3v) is 6.20. The van der Waals surface area contributed by atoms with Gasteiger partial charge in [0.05, 0.1) is 23.7 Å². The van der Waals surface area contributed by atoms with Crippen LogP contribution in [0.2, 0.25) is 5.02 Å². The van der Waals surface area contributed by atoms with Crippen molar-refractivity contribution in [1.82, 2.24) is 20.1 Å². The zero-order valence-corrected chi connectivity index (χ0v) is 17.3. The van der Waals surface area contributed by atoms with Gasteiger partial charge in [-0.25, -0.2) is 0 Å². The summed E-state index contributed by atoms with van der Waals surface area (Å²) in [6.45, 7) is 1.37. The van der Waals surface area contributed by atoms with Gasteiger partial charge >= 0.3 is 0 Å². The van der Waals surface area contributed by atoms with Gasteiger partial charge in [-0.3, -0.25) is 9.78 Å². The number of carbonyl (C=O) groups is 1. The Morgan fingerprint density at radius 3 is 2.57 bits per heavy atom. The van der Waals surface area contributed by atoms with Gasteiger partial charge in [-0.05, 0) is 66.6 Å². The number of hydrogen-bond acceptors (Lipinski definition) is 4. The summed E-state index contributed by atoms with van der Waals surface area (Å²) in [6.07, 6.45) is 8.52. The summed E-state index contributed by atoms with van der Waals surface area (Å²) in [6, 6.07) is 12.1. The predicted octanol–water partition coefficient (Wildman–Crippen LogP) is 4.36. The molecule has 0 N–H and O–H groups in total. The summed E-state index contributed by atoms with van der Waals surface area (Å²) in [7, 11) is 0. The van der Waals surface area contributed by atoms with Crippen molar-refractivity contribution in [1.29, 1.82) is 0 Å². The van der Waals surface area contributed by atoms with Gasteiger partial charge in [0, 0.05) is 29.9 Å². The molecule has 5 rings (SSSR count). The molecule has 2 aromatic heterocycles. The van der Waals surface area contributed by atoms with E-state index in [2.05, 4.69) is 28.4 Å². The van der Waals surface area contributed by atoms with Crippen molar-refractivity contribution < 1.29 is 4.79 Å². The molecule has 1 aliphatic heterocycles. The Labute approximate surface area is 180 Å². The van der Waals surface area contributed by atoms with Crippen LogP contribution >= 0.6 is 11.6 Å². The molecule has 5 nitrogen and oxygen atoms in total. The molecular weight excluding hydrogens is 396 g/mol. The summed E-state index contributed by atoms with van der Waals surface area (Å²) in [5.41, 5.74) is 8.02. The Bertz CT molecular complexity index is 1130. The van der Waals surface area contributed by atoms with Crippen molar-refractivity contribution in [2.45, 2.75) is 25.7 Å². The number of aromatic nitrogens is 3. The molecule has 0 radical (unpaired) electrons. The van der Waals surface area contributed by atoms with Crippen LogP contribution in [0.1, 0.15) is 45.6 Å². The van der Waals surface area contributed by atoms with Gasteiger partial charge in [-0.15, -0.1) is 0 Å². The predicted molar refractivity (Wildman–Crippen MR) is 116 cm³/mol. The summed E-state index contributed by atoms with van der Waals surface area (Å²) in [4.78, 5) is 19.5. The van der Waals surface area contributed by atoms with E-state index in [1.54, 1.807) is 12.3 Å². The van der Waals surface area contributed by atoms with Gasteiger partial charge in [-0.1, -0.05) is 29.3 Å². The molecular formula is C24H21ClN4O. The molecule has 0 spiro atoms. The maximum atomic E-state index is 12.8. The van der Waals surface area contributed by atoms with Gasteiger partial charge in [0.2, 0.25) is 0 Å². The van der Waals surface area contributed by atoms with Crippen LogP contribution in [0.5, 0.6) is 0 Å². The Morgan fingerprint density at radius 1 is 0.933 bits per heavy atom. The smallest absolute Gasteiger partial charge is 0.255 e. The lowest BCUT2D eigenvalue weighted by atomic mass is 9.88. The highest BCUT2D eigenvalue weighted by molar-refractivity contribution is 6.30. The van der Waals surface area contributed by atoms with E-state index >= 15 is 0 Å². The normalized spacial score (nSPS) is 16.0. The van der Waals surface area contributed by atoms with Crippen LogP contribution in [0, 0.1) is 0 Å². The minimum absolute atomic E-state index is 0.0144. The second-order valence-corrected chi connectivity index (χ2v) is 8.15. The monoisotopic (exact) mass is 416 g/mol. The molecule has 0 atom stereocenters. The fraction of sp³-hybridized carbons (Fsp3) is 0.250. The van der Waals surface area contributed by atoms with Gasteiger partial charge in [0.15, 0.2) is 0 Å². The Morgan fingerprint density at radius 2 is 1.77 bits per heavy atom. The fourth-order valence-electron chi connectivity index (χ4n) is 4.46. The van der Waals surface area contributed by atoms with Crippen LogP contribution in [0.15, 0.2) is 60.6 Å². The van der Waals surface area contributed by atoms with Crippen LogP contribution in [0.4, 0.5) is 0 Å². The molecule has 1 fully saturated rings. The number of benzene rings is 1. The van der Waals surface area contributed by atoms with Crippen molar-refractivity contribution >= 4 is 23.1 Å². The molecule has 1 aliphatic carbocycles. The van der Waals surface area contributed by atoms with Crippen LogP contribution < -0.4 is 0 Å². The number of hydrogen-bond donors (Lipinski definition) is 0. The second-order valence-electron chi connectivity index (χ2n) is 7.71. The number of carbonyl (C=O) groups excluding carboxylic acids is 1. The summed E-state index contributed by atoms with van der Waals surface area (Å²) >= 11 is 6.30. The Hall–Kier alpha value is -3.05. The highest BCUT2D eigenvalue weighted by Gasteiger charge is 2.27. The van der Waals surface area contributed by atoms with Gasteiger partial charge in [-0.2, -0.15) is 10.2 Å². The number of rotatable bonds is 1. The van der Waals surface area contributed by atoms with Crippen LogP contribution in [-0.4, -0.2) is 39.1 Å². The summed E-state index contributed by atoms with van der Waals surface area (Å²) in [5.74, 6) is 0.0144. The van der Waals surface area contributed by atoms with Crippen LogP contribution in [0.25, 0.3) is 5.57 Å². The molecule has 3 heterocycles. The average Bonchev–Trinajstić information content (AvgIpc) is 2.96. The standard InChI is InChI=1S/C24H21ClN4O/c25-20-5-6-21-18(14-20)4-3-17-2-1-10-26-23(17)22(21)16-8-12-29(13-9-16)24(30)19-7-11-27-28-15-19/h1-2,5-7,10-11,14-15H,3-4,8-9,12-13H2. The lowest BCUT2D eigenvalue weighted by Gasteiger charge is -2.30. The first kappa shape index (κ1) is 18.9. The first-order chi connectivity index (χ1) is 14.7.